The van der Waals surface area contributed by atoms with E-state index in [0.29, 0.717) is 0 Å². The highest BCUT2D eigenvalue weighted by Crippen LogP contribution is 2.34. The van der Waals surface area contributed by atoms with E-state index in [1.165, 1.54) is 12.1 Å². The number of aromatic nitrogens is 1. The predicted octanol–water partition coefficient (Wildman–Crippen LogP) is 3.58. The smallest absolute Gasteiger partial charge is 0.230 e. The Bertz CT molecular complexity index is 505. The summed E-state index contributed by atoms with van der Waals surface area (Å²) in [6.45, 7) is 4.13. The van der Waals surface area contributed by atoms with E-state index in [1.807, 2.05) is 0 Å². The quantitative estimate of drug-likeness (QED) is 0.883. The molecular formula is C13H15FN2O. The molecule has 17 heavy (non-hydrogen) atoms. The summed E-state index contributed by atoms with van der Waals surface area (Å²) in [6, 6.07) is 6.18. The van der Waals surface area contributed by atoms with Gasteiger partial charge in [0.25, 0.3) is 0 Å². The van der Waals surface area contributed by atoms with Crippen LogP contribution in [0.4, 0.5) is 10.3 Å². The summed E-state index contributed by atoms with van der Waals surface area (Å²) in [5.41, 5.74) is 8.22. The van der Waals surface area contributed by atoms with E-state index in [4.69, 9.17) is 10.3 Å². The highest BCUT2D eigenvalue weighted by atomic mass is 19.1. The minimum atomic E-state index is -0.270. The van der Waals surface area contributed by atoms with Crippen molar-refractivity contribution >= 4 is 5.88 Å². The third-order valence-corrected chi connectivity index (χ3v) is 2.96. The lowest BCUT2D eigenvalue weighted by Gasteiger charge is -2.07. The van der Waals surface area contributed by atoms with Crippen LogP contribution in [0.5, 0.6) is 0 Å². The molecule has 0 fully saturated rings. The van der Waals surface area contributed by atoms with E-state index < -0.39 is 0 Å². The Kier molecular flexibility index (Phi) is 3.13. The van der Waals surface area contributed by atoms with Gasteiger partial charge in [0.1, 0.15) is 5.82 Å². The molecule has 1 aromatic heterocycles. The first-order chi connectivity index (χ1) is 8.13. The van der Waals surface area contributed by atoms with Crippen LogP contribution in [-0.2, 0) is 0 Å². The molecule has 4 heteroatoms. The SMILES string of the molecule is CCC(C)c1noc(N)c1-c1ccc(F)cc1. The maximum absolute atomic E-state index is 12.9. The average Bonchev–Trinajstić information content (AvgIpc) is 2.71. The number of benzene rings is 1. The Morgan fingerprint density at radius 1 is 1.35 bits per heavy atom. The van der Waals surface area contributed by atoms with Gasteiger partial charge in [0.05, 0.1) is 11.3 Å². The number of rotatable bonds is 3. The maximum atomic E-state index is 12.9. The van der Waals surface area contributed by atoms with Crippen molar-refractivity contribution in [3.63, 3.8) is 0 Å². The fraction of sp³-hybridized carbons (Fsp3) is 0.308. The summed E-state index contributed by atoms with van der Waals surface area (Å²) in [5.74, 6) is 0.275. The fourth-order valence-corrected chi connectivity index (χ4v) is 1.75. The Hall–Kier alpha value is -1.84. The first kappa shape index (κ1) is 11.6. The highest BCUT2D eigenvalue weighted by molar-refractivity contribution is 5.75. The molecule has 0 spiro atoms. The normalized spacial score (nSPS) is 12.6. The molecule has 0 radical (unpaired) electrons. The van der Waals surface area contributed by atoms with E-state index in [1.54, 1.807) is 12.1 Å². The summed E-state index contributed by atoms with van der Waals surface area (Å²) in [7, 11) is 0. The maximum Gasteiger partial charge on any atom is 0.230 e. The minimum absolute atomic E-state index is 0.260. The predicted molar refractivity (Wildman–Crippen MR) is 65.0 cm³/mol. The van der Waals surface area contributed by atoms with Crippen LogP contribution in [0, 0.1) is 5.82 Å². The van der Waals surface area contributed by atoms with Crippen LogP contribution < -0.4 is 5.73 Å². The molecule has 0 amide bonds. The zero-order chi connectivity index (χ0) is 12.4. The van der Waals surface area contributed by atoms with Crippen LogP contribution in [0.25, 0.3) is 11.1 Å². The van der Waals surface area contributed by atoms with Gasteiger partial charge in [-0.1, -0.05) is 31.1 Å². The molecule has 0 aliphatic rings. The Labute approximate surface area is 99.4 Å². The van der Waals surface area contributed by atoms with Gasteiger partial charge in [-0.15, -0.1) is 0 Å². The van der Waals surface area contributed by atoms with E-state index in [-0.39, 0.29) is 17.6 Å². The van der Waals surface area contributed by atoms with Crippen LogP contribution in [-0.4, -0.2) is 5.16 Å². The molecule has 0 saturated carbocycles. The van der Waals surface area contributed by atoms with Gasteiger partial charge in [0.15, 0.2) is 0 Å². The van der Waals surface area contributed by atoms with Gasteiger partial charge in [-0.2, -0.15) is 0 Å². The van der Waals surface area contributed by atoms with E-state index in [9.17, 15) is 4.39 Å². The summed E-state index contributed by atoms with van der Waals surface area (Å²) in [4.78, 5) is 0. The second-order valence-electron chi connectivity index (χ2n) is 4.12. The molecule has 0 bridgehead atoms. The number of nitrogens with zero attached hydrogens (tertiary/aromatic N) is 1. The molecule has 0 saturated heterocycles. The molecule has 1 aromatic carbocycles. The van der Waals surface area contributed by atoms with Crippen molar-refractivity contribution in [3.8, 4) is 11.1 Å². The van der Waals surface area contributed by atoms with Crippen LogP contribution in [0.3, 0.4) is 0 Å². The zero-order valence-electron chi connectivity index (χ0n) is 9.90. The molecular weight excluding hydrogens is 219 g/mol. The largest absolute Gasteiger partial charge is 0.367 e. The lowest BCUT2D eigenvalue weighted by atomic mass is 9.96. The number of anilines is 1. The first-order valence-electron chi connectivity index (χ1n) is 5.64. The molecule has 1 atom stereocenters. The molecule has 1 unspecified atom stereocenters. The second-order valence-corrected chi connectivity index (χ2v) is 4.12. The third kappa shape index (κ3) is 2.16. The lowest BCUT2D eigenvalue weighted by Crippen LogP contribution is -1.95. The van der Waals surface area contributed by atoms with Gasteiger partial charge >= 0.3 is 0 Å². The molecule has 2 rings (SSSR count). The number of halogens is 1. The van der Waals surface area contributed by atoms with Gasteiger partial charge < -0.3 is 10.3 Å². The van der Waals surface area contributed by atoms with Crippen LogP contribution in [0.1, 0.15) is 31.9 Å². The van der Waals surface area contributed by atoms with Crippen molar-refractivity contribution in [2.75, 3.05) is 5.73 Å². The third-order valence-electron chi connectivity index (χ3n) is 2.96. The van der Waals surface area contributed by atoms with Crippen LogP contribution in [0.2, 0.25) is 0 Å². The summed E-state index contributed by atoms with van der Waals surface area (Å²) in [5, 5.41) is 3.99. The summed E-state index contributed by atoms with van der Waals surface area (Å²) < 4.78 is 17.9. The monoisotopic (exact) mass is 234 g/mol. The van der Waals surface area contributed by atoms with Crippen LogP contribution >= 0.6 is 0 Å². The van der Waals surface area contributed by atoms with Crippen molar-refractivity contribution in [2.24, 2.45) is 0 Å². The zero-order valence-corrected chi connectivity index (χ0v) is 9.90. The second kappa shape index (κ2) is 4.57. The molecule has 3 nitrogen and oxygen atoms in total. The summed E-state index contributed by atoms with van der Waals surface area (Å²) >= 11 is 0. The first-order valence-corrected chi connectivity index (χ1v) is 5.64. The molecule has 1 heterocycles. The van der Waals surface area contributed by atoms with Gasteiger partial charge in [-0.25, -0.2) is 4.39 Å². The number of hydrogen-bond donors (Lipinski definition) is 1. The fourth-order valence-electron chi connectivity index (χ4n) is 1.75. The van der Waals surface area contributed by atoms with Crippen molar-refractivity contribution in [1.82, 2.24) is 5.16 Å². The Balaban J connectivity index is 2.50. The van der Waals surface area contributed by atoms with Crippen molar-refractivity contribution in [3.05, 3.63) is 35.8 Å². The average molecular weight is 234 g/mol. The van der Waals surface area contributed by atoms with Gasteiger partial charge in [-0.05, 0) is 24.1 Å². The molecule has 0 aliphatic heterocycles. The molecule has 2 aromatic rings. The molecule has 90 valence electrons. The molecule has 2 N–H and O–H groups in total. The Morgan fingerprint density at radius 3 is 2.59 bits per heavy atom. The van der Waals surface area contributed by atoms with Gasteiger partial charge in [0, 0.05) is 5.92 Å². The van der Waals surface area contributed by atoms with Crippen molar-refractivity contribution in [1.29, 1.82) is 0 Å². The van der Waals surface area contributed by atoms with Gasteiger partial charge in [0.2, 0.25) is 5.88 Å². The highest BCUT2D eigenvalue weighted by Gasteiger charge is 2.19. The van der Waals surface area contributed by atoms with E-state index in [0.717, 1.165) is 23.2 Å². The Morgan fingerprint density at radius 2 is 2.00 bits per heavy atom. The standard InChI is InChI=1S/C13H15FN2O/c1-3-8(2)12-11(13(15)17-16-12)9-4-6-10(14)7-5-9/h4-8H,3,15H2,1-2H3. The van der Waals surface area contributed by atoms with Crippen molar-refractivity contribution < 1.29 is 8.91 Å². The lowest BCUT2D eigenvalue weighted by molar-refractivity contribution is 0.421. The minimum Gasteiger partial charge on any atom is -0.367 e. The van der Waals surface area contributed by atoms with E-state index in [2.05, 4.69) is 19.0 Å². The van der Waals surface area contributed by atoms with E-state index >= 15 is 0 Å². The topological polar surface area (TPSA) is 52.0 Å². The number of nitrogens with two attached hydrogens (primary N) is 1. The van der Waals surface area contributed by atoms with Crippen LogP contribution in [0.15, 0.2) is 28.8 Å². The van der Waals surface area contributed by atoms with Crippen molar-refractivity contribution in [2.45, 2.75) is 26.2 Å². The number of hydrogen-bond acceptors (Lipinski definition) is 3. The number of nitrogen functional groups attached to an aromatic ring is 1. The summed E-state index contributed by atoms with van der Waals surface area (Å²) in [6.07, 6.45) is 0.945. The van der Waals surface area contributed by atoms with Gasteiger partial charge in [-0.3, -0.25) is 0 Å². The molecule has 0 aliphatic carbocycles.